The molecular formula is C12H15N3O2S. The van der Waals surface area contributed by atoms with Crippen LogP contribution in [-0.2, 0) is 7.05 Å². The summed E-state index contributed by atoms with van der Waals surface area (Å²) in [6, 6.07) is 7.92. The molecule has 0 bridgehead atoms. The molecule has 1 heterocycles. The minimum absolute atomic E-state index is 0.197. The van der Waals surface area contributed by atoms with Crippen LogP contribution in [0.15, 0.2) is 34.2 Å². The largest absolute Gasteiger partial charge is 0.493 e. The number of thioether (sulfide) groups is 1. The second kappa shape index (κ2) is 5.77. The van der Waals surface area contributed by atoms with Crippen molar-refractivity contribution in [1.82, 2.24) is 14.8 Å². The van der Waals surface area contributed by atoms with E-state index in [-0.39, 0.29) is 5.69 Å². The van der Waals surface area contributed by atoms with Gasteiger partial charge in [-0.3, -0.25) is 4.57 Å². The molecule has 0 amide bonds. The minimum atomic E-state index is -0.197. The van der Waals surface area contributed by atoms with Crippen LogP contribution in [-0.4, -0.2) is 27.1 Å². The molecular weight excluding hydrogens is 250 g/mol. The third-order valence-electron chi connectivity index (χ3n) is 2.44. The van der Waals surface area contributed by atoms with E-state index in [1.165, 1.54) is 21.9 Å². The fourth-order valence-electron chi connectivity index (χ4n) is 1.39. The lowest BCUT2D eigenvalue weighted by Crippen LogP contribution is -2.13. The summed E-state index contributed by atoms with van der Waals surface area (Å²) in [6.45, 7) is 2.62. The van der Waals surface area contributed by atoms with Crippen LogP contribution in [0.3, 0.4) is 0 Å². The number of hydrogen-bond acceptors (Lipinski definition) is 4. The Hall–Kier alpha value is -1.69. The lowest BCUT2D eigenvalue weighted by atomic mass is 10.2. The van der Waals surface area contributed by atoms with Crippen molar-refractivity contribution < 1.29 is 4.74 Å². The summed E-state index contributed by atoms with van der Waals surface area (Å²) >= 11 is 1.49. The molecule has 5 nitrogen and oxygen atoms in total. The van der Waals surface area contributed by atoms with Crippen molar-refractivity contribution in [2.45, 2.75) is 12.1 Å². The Kier molecular flexibility index (Phi) is 4.09. The minimum Gasteiger partial charge on any atom is -0.493 e. The smallest absolute Gasteiger partial charge is 0.343 e. The van der Waals surface area contributed by atoms with Crippen LogP contribution in [0.5, 0.6) is 5.75 Å². The van der Waals surface area contributed by atoms with E-state index in [4.69, 9.17) is 4.74 Å². The molecule has 96 valence electrons. The van der Waals surface area contributed by atoms with E-state index in [0.29, 0.717) is 11.8 Å². The summed E-state index contributed by atoms with van der Waals surface area (Å²) in [5.74, 6) is 1.60. The third kappa shape index (κ3) is 3.16. The first-order valence-corrected chi connectivity index (χ1v) is 6.59. The number of aromatic nitrogens is 3. The zero-order valence-electron chi connectivity index (χ0n) is 10.3. The van der Waals surface area contributed by atoms with E-state index >= 15 is 0 Å². The predicted molar refractivity (Wildman–Crippen MR) is 71.2 cm³/mol. The van der Waals surface area contributed by atoms with Gasteiger partial charge in [-0.1, -0.05) is 29.5 Å². The number of nitrogens with one attached hydrogen (secondary N) is 1. The fraction of sp³-hybridized carbons (Fsp3) is 0.333. The summed E-state index contributed by atoms with van der Waals surface area (Å²) in [5.41, 5.74) is 1.01. The van der Waals surface area contributed by atoms with E-state index in [1.54, 1.807) is 7.05 Å². The van der Waals surface area contributed by atoms with Crippen LogP contribution >= 0.6 is 11.8 Å². The first-order chi connectivity index (χ1) is 8.66. The molecule has 0 radical (unpaired) electrons. The van der Waals surface area contributed by atoms with Gasteiger partial charge in [0.2, 0.25) is 0 Å². The van der Waals surface area contributed by atoms with Gasteiger partial charge in [0.25, 0.3) is 0 Å². The van der Waals surface area contributed by atoms with Crippen LogP contribution in [0, 0.1) is 6.92 Å². The molecule has 0 unspecified atom stereocenters. The Morgan fingerprint density at radius 3 is 2.72 bits per heavy atom. The summed E-state index contributed by atoms with van der Waals surface area (Å²) in [7, 11) is 1.69. The zero-order chi connectivity index (χ0) is 13.0. The number of aromatic amines is 1. The number of benzene rings is 1. The summed E-state index contributed by atoms with van der Waals surface area (Å²) in [6.07, 6.45) is 0. The summed E-state index contributed by atoms with van der Waals surface area (Å²) in [4.78, 5) is 11.1. The average molecular weight is 265 g/mol. The molecule has 2 rings (SSSR count). The molecule has 6 heteroatoms. The van der Waals surface area contributed by atoms with Crippen LogP contribution < -0.4 is 10.4 Å². The Labute approximate surface area is 109 Å². The summed E-state index contributed by atoms with van der Waals surface area (Å²) < 4.78 is 7.07. The molecule has 1 N–H and O–H groups in total. The van der Waals surface area contributed by atoms with Gasteiger partial charge >= 0.3 is 5.69 Å². The van der Waals surface area contributed by atoms with Gasteiger partial charge in [0.1, 0.15) is 5.75 Å². The molecule has 1 aromatic carbocycles. The Balaban J connectivity index is 1.78. The van der Waals surface area contributed by atoms with Gasteiger partial charge in [-0.15, -0.1) is 5.10 Å². The molecule has 0 fully saturated rings. The van der Waals surface area contributed by atoms with Crippen molar-refractivity contribution in [3.63, 3.8) is 0 Å². The maximum absolute atomic E-state index is 11.1. The summed E-state index contributed by atoms with van der Waals surface area (Å²) in [5, 5.41) is 6.98. The van der Waals surface area contributed by atoms with E-state index in [9.17, 15) is 4.79 Å². The highest BCUT2D eigenvalue weighted by atomic mass is 32.2. The topological polar surface area (TPSA) is 59.9 Å². The van der Waals surface area contributed by atoms with Crippen molar-refractivity contribution >= 4 is 11.8 Å². The zero-order valence-corrected chi connectivity index (χ0v) is 11.2. The SMILES string of the molecule is Cc1ccc(OCCSc2n[nH]c(=O)n2C)cc1. The normalized spacial score (nSPS) is 10.6. The molecule has 0 atom stereocenters. The van der Waals surface area contributed by atoms with Gasteiger partial charge in [0, 0.05) is 12.8 Å². The van der Waals surface area contributed by atoms with Gasteiger partial charge in [-0.25, -0.2) is 9.89 Å². The second-order valence-electron chi connectivity index (χ2n) is 3.88. The first kappa shape index (κ1) is 12.8. The van der Waals surface area contributed by atoms with Gasteiger partial charge < -0.3 is 4.74 Å². The Morgan fingerprint density at radius 2 is 2.11 bits per heavy atom. The van der Waals surface area contributed by atoms with Gasteiger partial charge in [-0.2, -0.15) is 0 Å². The maximum Gasteiger partial charge on any atom is 0.343 e. The van der Waals surface area contributed by atoms with E-state index < -0.39 is 0 Å². The van der Waals surface area contributed by atoms with Gasteiger partial charge in [0.15, 0.2) is 5.16 Å². The van der Waals surface area contributed by atoms with Crippen molar-refractivity contribution in [2.24, 2.45) is 7.05 Å². The highest BCUT2D eigenvalue weighted by Gasteiger charge is 2.04. The number of ether oxygens (including phenoxy) is 1. The molecule has 2 aromatic rings. The fourth-order valence-corrected chi connectivity index (χ4v) is 2.12. The highest BCUT2D eigenvalue weighted by Crippen LogP contribution is 2.14. The van der Waals surface area contributed by atoms with Crippen LogP contribution in [0.25, 0.3) is 0 Å². The Morgan fingerprint density at radius 1 is 1.39 bits per heavy atom. The predicted octanol–water partition coefficient (Wildman–Crippen LogP) is 1.59. The Bertz CT molecular complexity index is 559. The number of hydrogen-bond donors (Lipinski definition) is 1. The molecule has 0 spiro atoms. The molecule has 0 saturated carbocycles. The van der Waals surface area contributed by atoms with E-state index in [2.05, 4.69) is 10.2 Å². The maximum atomic E-state index is 11.1. The molecule has 18 heavy (non-hydrogen) atoms. The van der Waals surface area contributed by atoms with Crippen LogP contribution in [0.1, 0.15) is 5.56 Å². The van der Waals surface area contributed by atoms with Crippen LogP contribution in [0.4, 0.5) is 0 Å². The average Bonchev–Trinajstić information content (AvgIpc) is 2.68. The molecule has 0 saturated heterocycles. The van der Waals surface area contributed by atoms with E-state index in [1.807, 2.05) is 31.2 Å². The van der Waals surface area contributed by atoms with Gasteiger partial charge in [0.05, 0.1) is 6.61 Å². The number of nitrogens with zero attached hydrogens (tertiary/aromatic N) is 2. The van der Waals surface area contributed by atoms with Crippen molar-refractivity contribution in [3.8, 4) is 5.75 Å². The second-order valence-corrected chi connectivity index (χ2v) is 4.94. The molecule has 1 aromatic heterocycles. The van der Waals surface area contributed by atoms with Crippen LogP contribution in [0.2, 0.25) is 0 Å². The quantitative estimate of drug-likeness (QED) is 0.659. The van der Waals surface area contributed by atoms with Crippen molar-refractivity contribution in [2.75, 3.05) is 12.4 Å². The number of H-pyrrole nitrogens is 1. The lowest BCUT2D eigenvalue weighted by molar-refractivity contribution is 0.343. The van der Waals surface area contributed by atoms with Gasteiger partial charge in [-0.05, 0) is 19.1 Å². The number of rotatable bonds is 5. The number of aryl methyl sites for hydroxylation is 1. The van der Waals surface area contributed by atoms with Crippen molar-refractivity contribution in [3.05, 3.63) is 40.3 Å². The molecule has 0 aliphatic carbocycles. The van der Waals surface area contributed by atoms with Crippen molar-refractivity contribution in [1.29, 1.82) is 0 Å². The standard InChI is InChI=1S/C12H15N3O2S/c1-9-3-5-10(6-4-9)17-7-8-18-12-14-13-11(16)15(12)2/h3-6H,7-8H2,1-2H3,(H,13,16). The lowest BCUT2D eigenvalue weighted by Gasteiger charge is -2.05. The van der Waals surface area contributed by atoms with E-state index in [0.717, 1.165) is 11.5 Å². The highest BCUT2D eigenvalue weighted by molar-refractivity contribution is 7.99. The molecule has 0 aliphatic rings. The first-order valence-electron chi connectivity index (χ1n) is 5.60. The monoisotopic (exact) mass is 265 g/mol. The molecule has 0 aliphatic heterocycles. The third-order valence-corrected chi connectivity index (χ3v) is 3.44.